The Morgan fingerprint density at radius 1 is 1.23 bits per heavy atom. The van der Waals surface area contributed by atoms with E-state index in [1.165, 1.54) is 0 Å². The summed E-state index contributed by atoms with van der Waals surface area (Å²) in [6.07, 6.45) is 5.96. The molecule has 1 aliphatic carbocycles. The van der Waals surface area contributed by atoms with Gasteiger partial charge in [-0.3, -0.25) is 19.6 Å². The molecule has 30 heavy (non-hydrogen) atoms. The third-order valence-corrected chi connectivity index (χ3v) is 6.34. The first-order valence-corrected chi connectivity index (χ1v) is 10.8. The number of rotatable bonds is 5. The van der Waals surface area contributed by atoms with E-state index >= 15 is 0 Å². The van der Waals surface area contributed by atoms with Crippen LogP contribution in [0.1, 0.15) is 71.5 Å². The van der Waals surface area contributed by atoms with Crippen LogP contribution in [0, 0.1) is 0 Å². The number of H-pyrrole nitrogens is 1. The van der Waals surface area contributed by atoms with Crippen LogP contribution in [0.2, 0.25) is 0 Å². The molecule has 2 aromatic rings. The molecule has 0 radical (unpaired) electrons. The summed E-state index contributed by atoms with van der Waals surface area (Å²) in [5.41, 5.74) is 2.11. The lowest BCUT2D eigenvalue weighted by Gasteiger charge is -2.36. The fraction of sp³-hybridized carbons (Fsp3) is 0.650. The zero-order valence-electron chi connectivity index (χ0n) is 17.2. The van der Waals surface area contributed by atoms with E-state index in [1.54, 1.807) is 0 Å². The van der Waals surface area contributed by atoms with Crippen molar-refractivity contribution in [2.75, 3.05) is 20.1 Å². The Morgan fingerprint density at radius 2 is 2.10 bits per heavy atom. The summed E-state index contributed by atoms with van der Waals surface area (Å²) in [6.45, 7) is 2.21. The number of likely N-dealkylation sites (N-methyl/N-ethyl adjacent to an activating group) is 1. The number of hydrogen-bond donors (Lipinski definition) is 2. The first kappa shape index (κ1) is 19.2. The van der Waals surface area contributed by atoms with E-state index in [2.05, 4.69) is 30.6 Å². The summed E-state index contributed by atoms with van der Waals surface area (Å²) in [6, 6.07) is -0.0408. The molecule has 10 heteroatoms. The third kappa shape index (κ3) is 3.71. The molecule has 1 atom stereocenters. The molecule has 1 unspecified atom stereocenters. The van der Waals surface area contributed by atoms with Crippen LogP contribution in [0.5, 0.6) is 0 Å². The minimum absolute atomic E-state index is 0.0408. The quantitative estimate of drug-likeness (QED) is 0.749. The predicted octanol–water partition coefficient (Wildman–Crippen LogP) is 0.969. The first-order valence-electron chi connectivity index (χ1n) is 10.8. The van der Waals surface area contributed by atoms with Crippen molar-refractivity contribution in [3.8, 4) is 0 Å². The number of carbonyl (C=O) groups is 2. The molecule has 1 saturated carbocycles. The Hall–Kier alpha value is -2.75. The Morgan fingerprint density at radius 3 is 2.90 bits per heavy atom. The molecule has 0 aromatic carbocycles. The maximum absolute atomic E-state index is 13.0. The van der Waals surface area contributed by atoms with E-state index < -0.39 is 0 Å². The summed E-state index contributed by atoms with van der Waals surface area (Å²) in [4.78, 5) is 34.0. The van der Waals surface area contributed by atoms with Gasteiger partial charge in [0, 0.05) is 18.0 Å². The van der Waals surface area contributed by atoms with Crippen molar-refractivity contribution in [1.29, 1.82) is 0 Å². The molecule has 2 amide bonds. The summed E-state index contributed by atoms with van der Waals surface area (Å²) < 4.78 is 5.20. The molecule has 10 nitrogen and oxygen atoms in total. The van der Waals surface area contributed by atoms with E-state index in [-0.39, 0.29) is 24.4 Å². The van der Waals surface area contributed by atoms with E-state index in [0.29, 0.717) is 37.0 Å². The molecule has 160 valence electrons. The highest BCUT2D eigenvalue weighted by atomic mass is 16.5. The minimum Gasteiger partial charge on any atom is -0.342 e. The molecular formula is C20H27N7O3. The van der Waals surface area contributed by atoms with Crippen LogP contribution in [0.25, 0.3) is 0 Å². The maximum atomic E-state index is 13.0. The highest BCUT2D eigenvalue weighted by molar-refractivity contribution is 5.94. The Kier molecular flexibility index (Phi) is 5.01. The normalized spacial score (nSPS) is 22.0. The number of amides is 2. The molecule has 4 heterocycles. The highest BCUT2D eigenvalue weighted by Crippen LogP contribution is 2.38. The standard InChI is InChI=1S/C20H27N7O3/c1-26-8-3-2-4-15(26)20(29)27-9-7-13-14(11-27)23-24-17(13)19(28)21-10-16-22-18(25-30-16)12-5-6-12/h12,15H,2-11H2,1H3,(H,21,28)(H,23,24). The second kappa shape index (κ2) is 7.82. The molecule has 2 N–H and O–H groups in total. The van der Waals surface area contributed by atoms with Gasteiger partial charge in [-0.05, 0) is 45.7 Å². The Balaban J connectivity index is 1.20. The van der Waals surface area contributed by atoms with Crippen LogP contribution in [0.3, 0.4) is 0 Å². The van der Waals surface area contributed by atoms with Gasteiger partial charge in [0.2, 0.25) is 11.8 Å². The number of nitrogens with zero attached hydrogens (tertiary/aromatic N) is 5. The second-order valence-corrected chi connectivity index (χ2v) is 8.53. The second-order valence-electron chi connectivity index (χ2n) is 8.53. The zero-order valence-corrected chi connectivity index (χ0v) is 17.2. The lowest BCUT2D eigenvalue weighted by molar-refractivity contribution is -0.138. The molecule has 2 aliphatic heterocycles. The van der Waals surface area contributed by atoms with Gasteiger partial charge in [0.05, 0.1) is 24.8 Å². The third-order valence-electron chi connectivity index (χ3n) is 6.34. The van der Waals surface area contributed by atoms with Gasteiger partial charge in [0.1, 0.15) is 0 Å². The monoisotopic (exact) mass is 413 g/mol. The van der Waals surface area contributed by atoms with Gasteiger partial charge >= 0.3 is 0 Å². The topological polar surface area (TPSA) is 120 Å². The molecule has 3 aliphatic rings. The van der Waals surface area contributed by atoms with Crippen LogP contribution < -0.4 is 5.32 Å². The molecular weight excluding hydrogens is 386 g/mol. The summed E-state index contributed by atoms with van der Waals surface area (Å²) in [5.74, 6) is 1.44. The fourth-order valence-electron chi connectivity index (χ4n) is 4.38. The molecule has 2 aromatic heterocycles. The van der Waals surface area contributed by atoms with Crippen molar-refractivity contribution in [1.82, 2.24) is 35.5 Å². The molecule has 0 spiro atoms. The SMILES string of the molecule is CN1CCCCC1C(=O)N1CCc2c(C(=O)NCc3nc(C4CC4)no3)n[nH]c2C1. The molecule has 5 rings (SSSR count). The fourth-order valence-corrected chi connectivity index (χ4v) is 4.38. The molecule has 0 bridgehead atoms. The number of fused-ring (bicyclic) bond motifs is 1. The number of likely N-dealkylation sites (tertiary alicyclic amines) is 1. The first-order chi connectivity index (χ1) is 14.6. The predicted molar refractivity (Wildman–Crippen MR) is 105 cm³/mol. The minimum atomic E-state index is -0.273. The van der Waals surface area contributed by atoms with Gasteiger partial charge in [-0.25, -0.2) is 0 Å². The number of hydrogen-bond acceptors (Lipinski definition) is 7. The Labute approximate surface area is 174 Å². The number of carbonyl (C=O) groups excluding carboxylic acids is 2. The van der Waals surface area contributed by atoms with Gasteiger partial charge < -0.3 is 14.7 Å². The van der Waals surface area contributed by atoms with Crippen molar-refractivity contribution in [3.63, 3.8) is 0 Å². The van der Waals surface area contributed by atoms with E-state index in [1.807, 2.05) is 11.9 Å². The largest absolute Gasteiger partial charge is 0.342 e. The van der Waals surface area contributed by atoms with Crippen molar-refractivity contribution < 1.29 is 14.1 Å². The highest BCUT2D eigenvalue weighted by Gasteiger charge is 2.33. The number of nitrogens with one attached hydrogen (secondary N) is 2. The van der Waals surface area contributed by atoms with Crippen molar-refractivity contribution in [3.05, 3.63) is 28.7 Å². The summed E-state index contributed by atoms with van der Waals surface area (Å²) in [5, 5.41) is 14.0. The van der Waals surface area contributed by atoms with Gasteiger partial charge in [0.25, 0.3) is 5.91 Å². The van der Waals surface area contributed by atoms with E-state index in [4.69, 9.17) is 4.52 Å². The number of piperidine rings is 1. The van der Waals surface area contributed by atoms with Gasteiger partial charge in [-0.1, -0.05) is 11.6 Å². The van der Waals surface area contributed by atoms with E-state index in [0.717, 1.165) is 55.7 Å². The number of aromatic nitrogens is 4. The van der Waals surface area contributed by atoms with Crippen molar-refractivity contribution in [2.45, 2.75) is 63.6 Å². The van der Waals surface area contributed by atoms with Gasteiger partial charge in [0.15, 0.2) is 11.5 Å². The van der Waals surface area contributed by atoms with E-state index in [9.17, 15) is 9.59 Å². The van der Waals surface area contributed by atoms with Crippen molar-refractivity contribution in [2.24, 2.45) is 0 Å². The zero-order chi connectivity index (χ0) is 20.7. The lowest BCUT2D eigenvalue weighted by Crippen LogP contribution is -2.50. The van der Waals surface area contributed by atoms with Crippen LogP contribution in [0.15, 0.2) is 4.52 Å². The van der Waals surface area contributed by atoms with Crippen LogP contribution in [-0.4, -0.2) is 68.1 Å². The van der Waals surface area contributed by atoms with Crippen LogP contribution in [-0.2, 0) is 24.3 Å². The summed E-state index contributed by atoms with van der Waals surface area (Å²) in [7, 11) is 2.02. The van der Waals surface area contributed by atoms with Crippen LogP contribution in [0.4, 0.5) is 0 Å². The Bertz CT molecular complexity index is 948. The van der Waals surface area contributed by atoms with Crippen molar-refractivity contribution >= 4 is 11.8 Å². The molecule has 1 saturated heterocycles. The average molecular weight is 413 g/mol. The smallest absolute Gasteiger partial charge is 0.272 e. The average Bonchev–Trinajstić information content (AvgIpc) is 3.35. The van der Waals surface area contributed by atoms with Gasteiger partial charge in [-0.2, -0.15) is 10.1 Å². The summed E-state index contributed by atoms with van der Waals surface area (Å²) >= 11 is 0. The van der Waals surface area contributed by atoms with Gasteiger partial charge in [-0.15, -0.1) is 0 Å². The maximum Gasteiger partial charge on any atom is 0.272 e. The number of aromatic amines is 1. The molecule has 2 fully saturated rings. The lowest BCUT2D eigenvalue weighted by atomic mass is 9.99. The van der Waals surface area contributed by atoms with Crippen LogP contribution >= 0.6 is 0 Å².